The molecule has 0 unspecified atom stereocenters. The highest BCUT2D eigenvalue weighted by Crippen LogP contribution is 2.08. The summed E-state index contributed by atoms with van der Waals surface area (Å²) >= 11 is 0. The molecule has 1 aromatic carbocycles. The van der Waals surface area contributed by atoms with Crippen molar-refractivity contribution in [2.75, 3.05) is 6.61 Å². The van der Waals surface area contributed by atoms with Gasteiger partial charge in [-0.3, -0.25) is 0 Å². The van der Waals surface area contributed by atoms with Crippen LogP contribution in [0.15, 0.2) is 30.3 Å². The molecule has 2 N–H and O–H groups in total. The zero-order valence-corrected chi connectivity index (χ0v) is 8.27. The maximum atomic E-state index is 10.4. The number of rotatable bonds is 4. The van der Waals surface area contributed by atoms with Crippen LogP contribution in [0.25, 0.3) is 0 Å². The van der Waals surface area contributed by atoms with Crippen LogP contribution in [-0.2, 0) is 11.2 Å². The second-order valence-corrected chi connectivity index (χ2v) is 3.42. The lowest BCUT2D eigenvalue weighted by atomic mass is 10.0. The largest absolute Gasteiger partial charge is 0.449 e. The summed E-state index contributed by atoms with van der Waals surface area (Å²) in [4.78, 5) is 10.4. The molecule has 0 saturated heterocycles. The third kappa shape index (κ3) is 3.94. The van der Waals surface area contributed by atoms with E-state index in [-0.39, 0.29) is 0 Å². The predicted molar refractivity (Wildman–Crippen MR) is 54.8 cm³/mol. The number of carbonyl (C=O) groups excluding carboxylic acids is 1. The fourth-order valence-electron chi connectivity index (χ4n) is 1.30. The highest BCUT2D eigenvalue weighted by Gasteiger charge is 2.05. The molecule has 3 heteroatoms. The molecule has 0 spiro atoms. The zero-order chi connectivity index (χ0) is 10.4. The van der Waals surface area contributed by atoms with Crippen molar-refractivity contribution in [2.45, 2.75) is 13.3 Å². The third-order valence-corrected chi connectivity index (χ3v) is 1.94. The van der Waals surface area contributed by atoms with Gasteiger partial charge in [-0.15, -0.1) is 0 Å². The molecule has 0 aromatic heterocycles. The van der Waals surface area contributed by atoms with Gasteiger partial charge in [0.2, 0.25) is 0 Å². The van der Waals surface area contributed by atoms with E-state index in [1.807, 2.05) is 25.1 Å². The van der Waals surface area contributed by atoms with Crippen LogP contribution in [0.3, 0.4) is 0 Å². The number of benzene rings is 1. The normalized spacial score (nSPS) is 12.1. The topological polar surface area (TPSA) is 52.3 Å². The molecule has 0 aliphatic carbocycles. The van der Waals surface area contributed by atoms with Crippen LogP contribution < -0.4 is 5.73 Å². The van der Waals surface area contributed by atoms with Crippen molar-refractivity contribution in [3.05, 3.63) is 35.9 Å². The van der Waals surface area contributed by atoms with Crippen molar-refractivity contribution < 1.29 is 9.53 Å². The summed E-state index contributed by atoms with van der Waals surface area (Å²) in [5.41, 5.74) is 6.12. The van der Waals surface area contributed by atoms with E-state index >= 15 is 0 Å². The SMILES string of the molecule is C[C@H](COC(N)=O)Cc1ccccc1. The lowest BCUT2D eigenvalue weighted by molar-refractivity contribution is 0.139. The summed E-state index contributed by atoms with van der Waals surface area (Å²) in [6.45, 7) is 2.40. The highest BCUT2D eigenvalue weighted by atomic mass is 16.5. The molecule has 1 amide bonds. The van der Waals surface area contributed by atoms with Gasteiger partial charge in [0.1, 0.15) is 0 Å². The van der Waals surface area contributed by atoms with Gasteiger partial charge in [0.25, 0.3) is 0 Å². The molecular weight excluding hydrogens is 178 g/mol. The van der Waals surface area contributed by atoms with Crippen molar-refractivity contribution in [1.29, 1.82) is 0 Å². The van der Waals surface area contributed by atoms with E-state index in [9.17, 15) is 4.79 Å². The Morgan fingerprint density at radius 2 is 2.07 bits per heavy atom. The third-order valence-electron chi connectivity index (χ3n) is 1.94. The van der Waals surface area contributed by atoms with Crippen molar-refractivity contribution in [3.8, 4) is 0 Å². The van der Waals surface area contributed by atoms with Crippen LogP contribution in [0.5, 0.6) is 0 Å². The Morgan fingerprint density at radius 3 is 2.64 bits per heavy atom. The Labute approximate surface area is 83.9 Å². The molecule has 0 bridgehead atoms. The average Bonchev–Trinajstić information content (AvgIpc) is 2.16. The molecule has 76 valence electrons. The van der Waals surface area contributed by atoms with Crippen molar-refractivity contribution in [1.82, 2.24) is 0 Å². The molecule has 0 radical (unpaired) electrons. The first-order chi connectivity index (χ1) is 6.68. The van der Waals surface area contributed by atoms with Gasteiger partial charge in [0.15, 0.2) is 0 Å². The fraction of sp³-hybridized carbons (Fsp3) is 0.364. The molecule has 0 heterocycles. The summed E-state index contributed by atoms with van der Waals surface area (Å²) in [6, 6.07) is 10.1. The molecule has 3 nitrogen and oxygen atoms in total. The first-order valence-electron chi connectivity index (χ1n) is 4.64. The quantitative estimate of drug-likeness (QED) is 0.794. The van der Waals surface area contributed by atoms with Crippen LogP contribution in [0.1, 0.15) is 12.5 Å². The van der Waals surface area contributed by atoms with Crippen molar-refractivity contribution in [2.24, 2.45) is 11.7 Å². The number of hydrogen-bond donors (Lipinski definition) is 1. The summed E-state index contributed by atoms with van der Waals surface area (Å²) in [6.07, 6.45) is 0.193. The molecule has 1 atom stereocenters. The van der Waals surface area contributed by atoms with Gasteiger partial charge >= 0.3 is 6.09 Å². The second-order valence-electron chi connectivity index (χ2n) is 3.42. The maximum Gasteiger partial charge on any atom is 0.404 e. The Hall–Kier alpha value is -1.51. The Morgan fingerprint density at radius 1 is 1.43 bits per heavy atom. The van der Waals surface area contributed by atoms with Crippen LogP contribution >= 0.6 is 0 Å². The lowest BCUT2D eigenvalue weighted by Crippen LogP contribution is -2.18. The highest BCUT2D eigenvalue weighted by molar-refractivity contribution is 5.64. The van der Waals surface area contributed by atoms with Gasteiger partial charge in [0, 0.05) is 0 Å². The number of nitrogens with two attached hydrogens (primary N) is 1. The number of hydrogen-bond acceptors (Lipinski definition) is 2. The minimum absolute atomic E-state index is 0.296. The molecule has 0 aliphatic heterocycles. The molecule has 1 rings (SSSR count). The van der Waals surface area contributed by atoms with Gasteiger partial charge in [-0.25, -0.2) is 4.79 Å². The Balaban J connectivity index is 2.34. The monoisotopic (exact) mass is 193 g/mol. The molecule has 14 heavy (non-hydrogen) atoms. The average molecular weight is 193 g/mol. The van der Waals surface area contributed by atoms with Crippen LogP contribution in [-0.4, -0.2) is 12.7 Å². The van der Waals surface area contributed by atoms with Gasteiger partial charge in [0.05, 0.1) is 6.61 Å². The van der Waals surface area contributed by atoms with Crippen LogP contribution in [0, 0.1) is 5.92 Å². The minimum atomic E-state index is -0.704. The standard InChI is InChI=1S/C11H15NO2/c1-9(8-14-11(12)13)7-10-5-3-2-4-6-10/h2-6,9H,7-8H2,1H3,(H2,12,13)/t9-/m0/s1. The van der Waals surface area contributed by atoms with E-state index in [1.54, 1.807) is 0 Å². The second kappa shape index (κ2) is 5.27. The summed E-state index contributed by atoms with van der Waals surface area (Å²) in [5, 5.41) is 0. The minimum Gasteiger partial charge on any atom is -0.449 e. The number of ether oxygens (including phenoxy) is 1. The summed E-state index contributed by atoms with van der Waals surface area (Å²) in [7, 11) is 0. The first-order valence-corrected chi connectivity index (χ1v) is 4.64. The van der Waals surface area contributed by atoms with E-state index in [0.29, 0.717) is 12.5 Å². The van der Waals surface area contributed by atoms with Crippen molar-refractivity contribution >= 4 is 6.09 Å². The van der Waals surface area contributed by atoms with Gasteiger partial charge in [-0.1, -0.05) is 37.3 Å². The summed E-state index contributed by atoms with van der Waals surface area (Å²) < 4.78 is 4.71. The van der Waals surface area contributed by atoms with E-state index in [2.05, 4.69) is 12.1 Å². The number of amides is 1. The molecule has 1 aromatic rings. The van der Waals surface area contributed by atoms with Crippen molar-refractivity contribution in [3.63, 3.8) is 0 Å². The fourth-order valence-corrected chi connectivity index (χ4v) is 1.30. The Kier molecular flexibility index (Phi) is 3.98. The first kappa shape index (κ1) is 10.6. The molecule has 0 aliphatic rings. The molecular formula is C11H15NO2. The van der Waals surface area contributed by atoms with Gasteiger partial charge in [-0.2, -0.15) is 0 Å². The van der Waals surface area contributed by atoms with E-state index in [4.69, 9.17) is 10.5 Å². The predicted octanol–water partition coefficient (Wildman–Crippen LogP) is 1.96. The van der Waals surface area contributed by atoms with E-state index in [1.165, 1.54) is 5.56 Å². The smallest absolute Gasteiger partial charge is 0.404 e. The van der Waals surface area contributed by atoms with Crippen LogP contribution in [0.4, 0.5) is 4.79 Å². The summed E-state index contributed by atoms with van der Waals surface area (Å²) in [5.74, 6) is 0.296. The van der Waals surface area contributed by atoms with E-state index in [0.717, 1.165) is 6.42 Å². The number of carbonyl (C=O) groups is 1. The zero-order valence-electron chi connectivity index (χ0n) is 8.27. The lowest BCUT2D eigenvalue weighted by Gasteiger charge is -2.10. The van der Waals surface area contributed by atoms with Crippen LogP contribution in [0.2, 0.25) is 0 Å². The molecule has 0 saturated carbocycles. The molecule has 0 fully saturated rings. The number of primary amides is 1. The van der Waals surface area contributed by atoms with E-state index < -0.39 is 6.09 Å². The Bertz CT molecular complexity index is 285. The van der Waals surface area contributed by atoms with Gasteiger partial charge < -0.3 is 10.5 Å². The van der Waals surface area contributed by atoms with Gasteiger partial charge in [-0.05, 0) is 17.9 Å². The maximum absolute atomic E-state index is 10.4.